The van der Waals surface area contributed by atoms with E-state index in [0.29, 0.717) is 11.3 Å². The summed E-state index contributed by atoms with van der Waals surface area (Å²) in [6.45, 7) is 0. The summed E-state index contributed by atoms with van der Waals surface area (Å²) in [5.41, 5.74) is 0.138. The highest BCUT2D eigenvalue weighted by molar-refractivity contribution is 6.02. The molecule has 0 saturated carbocycles. The molecule has 2 aromatic rings. The van der Waals surface area contributed by atoms with E-state index in [9.17, 15) is 14.7 Å². The molecule has 0 saturated heterocycles. The summed E-state index contributed by atoms with van der Waals surface area (Å²) in [4.78, 5) is 23.9. The Bertz CT molecular complexity index is 836. The summed E-state index contributed by atoms with van der Waals surface area (Å²) >= 11 is 0. The third-order valence-corrected chi connectivity index (χ3v) is 3.71. The van der Waals surface area contributed by atoms with Crippen molar-refractivity contribution in [3.63, 3.8) is 0 Å². The molecule has 0 aromatic heterocycles. The first-order valence-corrected chi connectivity index (χ1v) is 6.86. The fourth-order valence-electron chi connectivity index (χ4n) is 2.64. The maximum absolute atomic E-state index is 12.0. The second-order valence-electron chi connectivity index (χ2n) is 4.93. The lowest BCUT2D eigenvalue weighted by molar-refractivity contribution is -0.142. The number of rotatable bonds is 2. The van der Waals surface area contributed by atoms with Gasteiger partial charge in [0, 0.05) is 5.56 Å². The highest BCUT2D eigenvalue weighted by atomic mass is 16.6. The average molecular weight is 314 g/mol. The number of hydrogen-bond acceptors (Lipinski definition) is 6. The molecule has 0 fully saturated rings. The molecule has 0 aliphatic carbocycles. The van der Waals surface area contributed by atoms with Gasteiger partial charge in [0.2, 0.25) is 5.76 Å². The van der Waals surface area contributed by atoms with Crippen molar-refractivity contribution < 1.29 is 28.9 Å². The first-order chi connectivity index (χ1) is 11.1. The van der Waals surface area contributed by atoms with Crippen LogP contribution in [0.1, 0.15) is 11.7 Å². The standard InChI is InChI=1S/C17H14O6/c1-21-16(19)13-14(18)12-10-6-4-3-5-9(10)7-8-11(12)23-15(13)17(20)22-2/h3-8,14,18H,1-2H3. The van der Waals surface area contributed by atoms with Crippen molar-refractivity contribution in [2.24, 2.45) is 0 Å². The third-order valence-electron chi connectivity index (χ3n) is 3.71. The minimum atomic E-state index is -1.36. The molecular weight excluding hydrogens is 300 g/mol. The molecule has 0 amide bonds. The number of carbonyl (C=O) groups is 2. The summed E-state index contributed by atoms with van der Waals surface area (Å²) in [5, 5.41) is 12.3. The van der Waals surface area contributed by atoms with Crippen LogP contribution in [0.3, 0.4) is 0 Å². The molecule has 1 aliphatic rings. The quantitative estimate of drug-likeness (QED) is 0.852. The molecule has 118 valence electrons. The van der Waals surface area contributed by atoms with Crippen LogP contribution in [0, 0.1) is 0 Å². The molecule has 6 nitrogen and oxygen atoms in total. The monoisotopic (exact) mass is 314 g/mol. The van der Waals surface area contributed by atoms with Crippen LogP contribution >= 0.6 is 0 Å². The topological polar surface area (TPSA) is 82.1 Å². The number of aliphatic hydroxyl groups excluding tert-OH is 1. The molecule has 0 spiro atoms. The number of hydrogen-bond donors (Lipinski definition) is 1. The van der Waals surface area contributed by atoms with Gasteiger partial charge in [-0.25, -0.2) is 9.59 Å². The van der Waals surface area contributed by atoms with E-state index < -0.39 is 18.0 Å². The van der Waals surface area contributed by atoms with Crippen molar-refractivity contribution in [3.05, 3.63) is 53.3 Å². The number of benzene rings is 2. The Labute approximate surface area is 131 Å². The van der Waals surface area contributed by atoms with E-state index in [1.807, 2.05) is 18.2 Å². The average Bonchev–Trinajstić information content (AvgIpc) is 2.59. The van der Waals surface area contributed by atoms with Gasteiger partial charge in [0.1, 0.15) is 17.4 Å². The number of ether oxygens (including phenoxy) is 3. The zero-order valence-electron chi connectivity index (χ0n) is 12.5. The van der Waals surface area contributed by atoms with Gasteiger partial charge in [0.15, 0.2) is 0 Å². The maximum atomic E-state index is 12.0. The Morgan fingerprint density at radius 2 is 1.74 bits per heavy atom. The molecule has 1 N–H and O–H groups in total. The smallest absolute Gasteiger partial charge is 0.374 e. The number of fused-ring (bicyclic) bond motifs is 3. The van der Waals surface area contributed by atoms with E-state index in [2.05, 4.69) is 9.47 Å². The van der Waals surface area contributed by atoms with E-state index in [1.165, 1.54) is 0 Å². The van der Waals surface area contributed by atoms with Crippen LogP contribution in [-0.2, 0) is 19.1 Å². The second kappa shape index (κ2) is 5.73. The molecule has 1 heterocycles. The van der Waals surface area contributed by atoms with Crippen LogP contribution in [0.5, 0.6) is 5.75 Å². The molecule has 0 radical (unpaired) electrons. The largest absolute Gasteiger partial charge is 0.465 e. The van der Waals surface area contributed by atoms with Crippen LogP contribution in [-0.4, -0.2) is 31.3 Å². The predicted octanol–water partition coefficient (Wildman–Crippen LogP) is 1.87. The SMILES string of the molecule is COC(=O)C1=C(C(=O)OC)C(O)c2c(ccc3ccccc23)O1. The van der Waals surface area contributed by atoms with Crippen LogP contribution < -0.4 is 4.74 Å². The van der Waals surface area contributed by atoms with Crippen molar-refractivity contribution in [2.45, 2.75) is 6.10 Å². The lowest BCUT2D eigenvalue weighted by Gasteiger charge is -2.26. The normalized spacial score (nSPS) is 16.6. The van der Waals surface area contributed by atoms with E-state index in [1.54, 1.807) is 18.2 Å². The van der Waals surface area contributed by atoms with Gasteiger partial charge in [-0.2, -0.15) is 0 Å². The maximum Gasteiger partial charge on any atom is 0.374 e. The lowest BCUT2D eigenvalue weighted by atomic mass is 9.92. The molecule has 1 aliphatic heterocycles. The minimum absolute atomic E-state index is 0.275. The molecular formula is C17H14O6. The Morgan fingerprint density at radius 3 is 2.43 bits per heavy atom. The van der Waals surface area contributed by atoms with Crippen molar-refractivity contribution in [3.8, 4) is 5.75 Å². The molecule has 6 heteroatoms. The summed E-state index contributed by atoms with van der Waals surface area (Å²) in [6.07, 6.45) is -1.36. The fourth-order valence-corrected chi connectivity index (χ4v) is 2.64. The van der Waals surface area contributed by atoms with Gasteiger partial charge in [-0.15, -0.1) is 0 Å². The number of aliphatic hydroxyl groups is 1. The van der Waals surface area contributed by atoms with Gasteiger partial charge in [-0.3, -0.25) is 0 Å². The summed E-state index contributed by atoms with van der Waals surface area (Å²) < 4.78 is 14.8. The zero-order valence-corrected chi connectivity index (χ0v) is 12.5. The van der Waals surface area contributed by atoms with Gasteiger partial charge in [-0.1, -0.05) is 30.3 Å². The van der Waals surface area contributed by atoms with E-state index in [0.717, 1.165) is 25.0 Å². The van der Waals surface area contributed by atoms with Gasteiger partial charge in [-0.05, 0) is 16.8 Å². The zero-order chi connectivity index (χ0) is 16.6. The molecule has 0 bridgehead atoms. The van der Waals surface area contributed by atoms with Crippen molar-refractivity contribution in [1.29, 1.82) is 0 Å². The lowest BCUT2D eigenvalue weighted by Crippen LogP contribution is -2.27. The Balaban J connectivity index is 2.26. The summed E-state index contributed by atoms with van der Waals surface area (Å²) in [7, 11) is 2.32. The van der Waals surface area contributed by atoms with Gasteiger partial charge >= 0.3 is 11.9 Å². The van der Waals surface area contributed by atoms with E-state index in [4.69, 9.17) is 4.74 Å². The first kappa shape index (κ1) is 15.1. The highest BCUT2D eigenvalue weighted by Crippen LogP contribution is 2.42. The van der Waals surface area contributed by atoms with Gasteiger partial charge in [0.25, 0.3) is 0 Å². The number of carbonyl (C=O) groups excluding carboxylic acids is 2. The van der Waals surface area contributed by atoms with Crippen LogP contribution in [0.2, 0.25) is 0 Å². The van der Waals surface area contributed by atoms with Crippen LogP contribution in [0.15, 0.2) is 47.7 Å². The van der Waals surface area contributed by atoms with Crippen LogP contribution in [0.25, 0.3) is 10.8 Å². The number of esters is 2. The Kier molecular flexibility index (Phi) is 3.75. The summed E-state index contributed by atoms with van der Waals surface area (Å²) in [6, 6.07) is 10.8. The molecule has 23 heavy (non-hydrogen) atoms. The minimum Gasteiger partial charge on any atom is -0.465 e. The Morgan fingerprint density at radius 1 is 1.04 bits per heavy atom. The molecule has 2 aromatic carbocycles. The van der Waals surface area contributed by atoms with Gasteiger partial charge in [0.05, 0.1) is 14.2 Å². The second-order valence-corrected chi connectivity index (χ2v) is 4.93. The highest BCUT2D eigenvalue weighted by Gasteiger charge is 2.38. The first-order valence-electron chi connectivity index (χ1n) is 6.86. The van der Waals surface area contributed by atoms with Crippen LogP contribution in [0.4, 0.5) is 0 Å². The Hall–Kier alpha value is -2.86. The third kappa shape index (κ3) is 2.33. The van der Waals surface area contributed by atoms with E-state index >= 15 is 0 Å². The van der Waals surface area contributed by atoms with Gasteiger partial charge < -0.3 is 19.3 Å². The fraction of sp³-hybridized carbons (Fsp3) is 0.176. The predicted molar refractivity (Wildman–Crippen MR) is 80.6 cm³/mol. The molecule has 3 rings (SSSR count). The van der Waals surface area contributed by atoms with Crippen molar-refractivity contribution >= 4 is 22.7 Å². The molecule has 1 atom stereocenters. The summed E-state index contributed by atoms with van der Waals surface area (Å²) in [5.74, 6) is -1.78. The van der Waals surface area contributed by atoms with Crippen molar-refractivity contribution in [1.82, 2.24) is 0 Å². The van der Waals surface area contributed by atoms with Crippen molar-refractivity contribution in [2.75, 3.05) is 14.2 Å². The van der Waals surface area contributed by atoms with E-state index in [-0.39, 0.29) is 11.3 Å². The molecule has 1 unspecified atom stereocenters. The number of methoxy groups -OCH3 is 2.